The van der Waals surface area contributed by atoms with Crippen LogP contribution in [0.4, 0.5) is 0 Å². The summed E-state index contributed by atoms with van der Waals surface area (Å²) in [5, 5.41) is 0. The second kappa shape index (κ2) is 24.1. The van der Waals surface area contributed by atoms with E-state index in [1.54, 1.807) is 0 Å². The van der Waals surface area contributed by atoms with E-state index in [1.807, 2.05) is 0 Å². The molecular formula is C52H74O6. The van der Waals surface area contributed by atoms with Gasteiger partial charge in [-0.2, -0.15) is 0 Å². The van der Waals surface area contributed by atoms with Crippen molar-refractivity contribution in [3.05, 3.63) is 60.7 Å². The van der Waals surface area contributed by atoms with E-state index < -0.39 is 17.2 Å². The van der Waals surface area contributed by atoms with E-state index in [0.29, 0.717) is 19.8 Å². The van der Waals surface area contributed by atoms with Crippen molar-refractivity contribution in [3.8, 4) is 23.7 Å². The first-order chi connectivity index (χ1) is 28.3. The van der Waals surface area contributed by atoms with Gasteiger partial charge in [0.2, 0.25) is 0 Å². The summed E-state index contributed by atoms with van der Waals surface area (Å²) in [6.07, 6.45) is 28.7. The monoisotopic (exact) mass is 795 g/mol. The minimum atomic E-state index is -0.542. The van der Waals surface area contributed by atoms with E-state index in [0.717, 1.165) is 98.0 Å². The molecule has 318 valence electrons. The maximum absolute atomic E-state index is 11.7. The van der Waals surface area contributed by atoms with Crippen LogP contribution in [0.1, 0.15) is 166 Å². The molecule has 4 aliphatic rings. The van der Waals surface area contributed by atoms with Crippen molar-refractivity contribution in [1.29, 1.82) is 0 Å². The minimum Gasteiger partial charge on any atom is -0.463 e. The summed E-state index contributed by atoms with van der Waals surface area (Å²) < 4.78 is 23.6. The molecule has 0 unspecified atom stereocenters. The van der Waals surface area contributed by atoms with Crippen molar-refractivity contribution in [1.82, 2.24) is 0 Å². The molecule has 1 aromatic carbocycles. The second-order valence-electron chi connectivity index (χ2n) is 18.0. The Morgan fingerprint density at radius 2 is 0.948 bits per heavy atom. The van der Waals surface area contributed by atoms with Crippen LogP contribution in [-0.2, 0) is 28.5 Å². The van der Waals surface area contributed by atoms with Gasteiger partial charge in [-0.1, -0.05) is 102 Å². The van der Waals surface area contributed by atoms with Crippen LogP contribution in [0.2, 0.25) is 0 Å². The lowest BCUT2D eigenvalue weighted by molar-refractivity contribution is -0.141. The molecule has 0 saturated heterocycles. The largest absolute Gasteiger partial charge is 0.463 e. The molecule has 0 aromatic heterocycles. The third-order valence-corrected chi connectivity index (χ3v) is 14.1. The van der Waals surface area contributed by atoms with Crippen molar-refractivity contribution in [2.24, 2.45) is 35.5 Å². The van der Waals surface area contributed by atoms with Crippen LogP contribution >= 0.6 is 0 Å². The van der Waals surface area contributed by atoms with Gasteiger partial charge in [0.25, 0.3) is 0 Å². The summed E-state index contributed by atoms with van der Waals surface area (Å²) in [7, 11) is 0. The molecule has 5 rings (SSSR count). The highest BCUT2D eigenvalue weighted by molar-refractivity contribution is 5.81. The minimum absolute atomic E-state index is 0.198. The Labute approximate surface area is 352 Å². The average Bonchev–Trinajstić information content (AvgIpc) is 3.26. The van der Waals surface area contributed by atoms with Gasteiger partial charge in [-0.3, -0.25) is 0 Å². The number of esters is 2. The van der Waals surface area contributed by atoms with E-state index >= 15 is 0 Å². The predicted molar refractivity (Wildman–Crippen MR) is 234 cm³/mol. The van der Waals surface area contributed by atoms with Crippen molar-refractivity contribution in [3.63, 3.8) is 0 Å². The quantitative estimate of drug-likeness (QED) is 0.0638. The Hall–Kier alpha value is -3.32. The number of carbonyl (C=O) groups is 2. The predicted octanol–water partition coefficient (Wildman–Crippen LogP) is 11.7. The van der Waals surface area contributed by atoms with Crippen LogP contribution in [0.25, 0.3) is 0 Å². The third kappa shape index (κ3) is 14.4. The number of carbonyl (C=O) groups excluding carboxylic acids is 2. The fourth-order valence-electron chi connectivity index (χ4n) is 10.6. The highest BCUT2D eigenvalue weighted by atomic mass is 16.6. The van der Waals surface area contributed by atoms with Gasteiger partial charge in [0.15, 0.2) is 0 Å². The van der Waals surface area contributed by atoms with Crippen LogP contribution in [-0.4, -0.2) is 49.6 Å². The molecular weight excluding hydrogens is 721 g/mol. The molecule has 0 atom stereocenters. The standard InChI is InChI=1S/C52H74O6/c1-5-11-41-17-21-45(22-18-41)47-27-33-51(34-28-47,57-38-10-9-37-55-49(53)7-3)31-25-43-13-15-44(16-14-43)26-32-52(58-40-39-56-50(54)8-4)35-29-48(30-36-52)46-23-19-42(12-6-2)20-24-46/h7-8,13-16,41-42,45-48H,3-6,9-12,17-24,27-30,33-40H2,1-2H3. The smallest absolute Gasteiger partial charge is 0.330 e. The number of ether oxygens (including phenoxy) is 4. The van der Waals surface area contributed by atoms with Crippen molar-refractivity contribution in [2.75, 3.05) is 26.4 Å². The second-order valence-corrected chi connectivity index (χ2v) is 18.0. The first-order valence-electron chi connectivity index (χ1n) is 23.3. The Bertz CT molecular complexity index is 1540. The fraction of sp³-hybridized carbons (Fsp3) is 0.692. The van der Waals surface area contributed by atoms with Gasteiger partial charge in [0, 0.05) is 29.9 Å². The lowest BCUT2D eigenvalue weighted by Gasteiger charge is -2.41. The molecule has 0 amide bonds. The zero-order valence-electron chi connectivity index (χ0n) is 36.2. The summed E-state index contributed by atoms with van der Waals surface area (Å²) >= 11 is 0. The van der Waals surface area contributed by atoms with E-state index in [9.17, 15) is 9.59 Å². The van der Waals surface area contributed by atoms with Gasteiger partial charge in [-0.05, 0) is 150 Å². The van der Waals surface area contributed by atoms with Gasteiger partial charge in [0.05, 0.1) is 13.2 Å². The summed E-state index contributed by atoms with van der Waals surface area (Å²) in [5.74, 6) is 18.4. The summed E-state index contributed by atoms with van der Waals surface area (Å²) in [4.78, 5) is 23.1. The highest BCUT2D eigenvalue weighted by Gasteiger charge is 2.40. The molecule has 6 nitrogen and oxygen atoms in total. The number of rotatable bonds is 18. The van der Waals surface area contributed by atoms with Crippen LogP contribution in [0, 0.1) is 59.2 Å². The molecule has 6 heteroatoms. The van der Waals surface area contributed by atoms with Crippen molar-refractivity contribution < 1.29 is 28.5 Å². The first kappa shape index (κ1) is 45.8. The average molecular weight is 795 g/mol. The number of hydrogen-bond acceptors (Lipinski definition) is 6. The zero-order chi connectivity index (χ0) is 41.1. The Kier molecular flexibility index (Phi) is 19.0. The Morgan fingerprint density at radius 1 is 0.569 bits per heavy atom. The highest BCUT2D eigenvalue weighted by Crippen LogP contribution is 2.46. The van der Waals surface area contributed by atoms with Gasteiger partial charge in [0.1, 0.15) is 17.8 Å². The molecule has 0 aliphatic heterocycles. The molecule has 0 heterocycles. The van der Waals surface area contributed by atoms with Crippen molar-refractivity contribution >= 4 is 11.9 Å². The van der Waals surface area contributed by atoms with Gasteiger partial charge in [-0.25, -0.2) is 9.59 Å². The van der Waals surface area contributed by atoms with E-state index in [-0.39, 0.29) is 12.6 Å². The fourth-order valence-corrected chi connectivity index (χ4v) is 10.6. The topological polar surface area (TPSA) is 71.1 Å². The molecule has 4 aliphatic carbocycles. The molecule has 4 fully saturated rings. The number of unbranched alkanes of at least 4 members (excludes halogenated alkanes) is 1. The molecule has 58 heavy (non-hydrogen) atoms. The maximum Gasteiger partial charge on any atom is 0.330 e. The van der Waals surface area contributed by atoms with Gasteiger partial charge in [-0.15, -0.1) is 0 Å². The lowest BCUT2D eigenvalue weighted by atomic mass is 9.67. The Balaban J connectivity index is 1.21. The van der Waals surface area contributed by atoms with Crippen LogP contribution in [0.15, 0.2) is 49.6 Å². The summed E-state index contributed by atoms with van der Waals surface area (Å²) in [6, 6.07) is 8.29. The zero-order valence-corrected chi connectivity index (χ0v) is 36.2. The van der Waals surface area contributed by atoms with E-state index in [1.165, 1.54) is 102 Å². The lowest BCUT2D eigenvalue weighted by Crippen LogP contribution is -2.39. The molecule has 1 aromatic rings. The van der Waals surface area contributed by atoms with Crippen LogP contribution < -0.4 is 0 Å². The first-order valence-corrected chi connectivity index (χ1v) is 23.3. The number of hydrogen-bond donors (Lipinski definition) is 0. The SMILES string of the molecule is C=CC(=O)OCCCCOC1(C#Cc2ccc(C#CC3(OCCOC(=O)C=C)CCC(C4CCC(CCC)CC4)CC3)cc2)CCC(C2CCC(CCC)CC2)CC1. The van der Waals surface area contributed by atoms with E-state index in [4.69, 9.17) is 18.9 Å². The molecule has 0 bridgehead atoms. The molecule has 0 N–H and O–H groups in total. The Morgan fingerprint density at radius 3 is 1.36 bits per heavy atom. The normalized spacial score (nSPS) is 29.8. The van der Waals surface area contributed by atoms with E-state index in [2.05, 4.69) is 75.0 Å². The maximum atomic E-state index is 11.7. The van der Waals surface area contributed by atoms with Gasteiger partial charge >= 0.3 is 11.9 Å². The third-order valence-electron chi connectivity index (χ3n) is 14.1. The molecule has 4 saturated carbocycles. The summed E-state index contributed by atoms with van der Waals surface area (Å²) in [6.45, 7) is 13.1. The van der Waals surface area contributed by atoms with Crippen molar-refractivity contribution in [2.45, 2.75) is 166 Å². The summed E-state index contributed by atoms with van der Waals surface area (Å²) in [5.41, 5.74) is 0.911. The van der Waals surface area contributed by atoms with Gasteiger partial charge < -0.3 is 18.9 Å². The van der Waals surface area contributed by atoms with Crippen LogP contribution in [0.5, 0.6) is 0 Å². The molecule has 0 radical (unpaired) electrons. The molecule has 0 spiro atoms. The van der Waals surface area contributed by atoms with Crippen LogP contribution in [0.3, 0.4) is 0 Å². The number of benzene rings is 1.